The van der Waals surface area contributed by atoms with Crippen molar-refractivity contribution in [3.8, 4) is 0 Å². The fourth-order valence-corrected chi connectivity index (χ4v) is 4.84. The SMILES string of the molecule is C=CC[C@@H](OCOC)[C@@H]1OC(C)(C)O[C@H]1CCC[C@H](C)O[Si](C)(C)C(C)(C)C. The van der Waals surface area contributed by atoms with Crippen LogP contribution in [0.2, 0.25) is 18.1 Å². The van der Waals surface area contributed by atoms with E-state index in [4.69, 9.17) is 23.4 Å². The number of rotatable bonds is 12. The molecule has 1 aliphatic rings. The van der Waals surface area contributed by atoms with Crippen LogP contribution in [0.3, 0.4) is 0 Å². The maximum absolute atomic E-state index is 6.49. The number of hydrogen-bond donors (Lipinski definition) is 0. The topological polar surface area (TPSA) is 46.2 Å². The van der Waals surface area contributed by atoms with E-state index in [2.05, 4.69) is 47.4 Å². The van der Waals surface area contributed by atoms with E-state index in [1.165, 1.54) is 0 Å². The molecular formula is C22H44O5Si. The number of methoxy groups -OCH3 is 1. The summed E-state index contributed by atoms with van der Waals surface area (Å²) in [6, 6.07) is 0. The highest BCUT2D eigenvalue weighted by molar-refractivity contribution is 6.74. The summed E-state index contributed by atoms with van der Waals surface area (Å²) in [6.45, 7) is 21.7. The molecule has 0 N–H and O–H groups in total. The lowest BCUT2D eigenvalue weighted by atomic mass is 9.99. The van der Waals surface area contributed by atoms with Gasteiger partial charge in [-0.15, -0.1) is 6.58 Å². The Bertz CT molecular complexity index is 472. The van der Waals surface area contributed by atoms with Crippen LogP contribution in [-0.4, -0.2) is 52.4 Å². The predicted molar refractivity (Wildman–Crippen MR) is 117 cm³/mol. The van der Waals surface area contributed by atoms with Gasteiger partial charge in [0.2, 0.25) is 0 Å². The number of ether oxygens (including phenoxy) is 4. The molecule has 0 aromatic rings. The Labute approximate surface area is 174 Å². The molecule has 1 fully saturated rings. The van der Waals surface area contributed by atoms with Crippen LogP contribution in [0.5, 0.6) is 0 Å². The largest absolute Gasteiger partial charge is 0.414 e. The molecule has 0 amide bonds. The second-order valence-electron chi connectivity index (χ2n) is 9.89. The molecule has 0 unspecified atom stereocenters. The second kappa shape index (κ2) is 10.7. The highest BCUT2D eigenvalue weighted by Gasteiger charge is 2.45. The van der Waals surface area contributed by atoms with Crippen LogP contribution in [0.4, 0.5) is 0 Å². The van der Waals surface area contributed by atoms with Gasteiger partial charge in [0.25, 0.3) is 0 Å². The van der Waals surface area contributed by atoms with E-state index < -0.39 is 14.1 Å². The molecule has 0 spiro atoms. The lowest BCUT2D eigenvalue weighted by molar-refractivity contribution is -0.169. The molecule has 0 radical (unpaired) electrons. The highest BCUT2D eigenvalue weighted by Crippen LogP contribution is 2.38. The average Bonchev–Trinajstić information content (AvgIpc) is 2.84. The first-order valence-electron chi connectivity index (χ1n) is 10.6. The average molecular weight is 417 g/mol. The Morgan fingerprint density at radius 1 is 1.21 bits per heavy atom. The molecule has 0 aliphatic carbocycles. The van der Waals surface area contributed by atoms with Crippen molar-refractivity contribution in [1.82, 2.24) is 0 Å². The van der Waals surface area contributed by atoms with Gasteiger partial charge >= 0.3 is 0 Å². The third-order valence-electron chi connectivity index (χ3n) is 5.79. The molecule has 166 valence electrons. The first-order chi connectivity index (χ1) is 12.8. The predicted octanol–water partition coefficient (Wildman–Crippen LogP) is 5.65. The molecule has 1 rings (SSSR count). The molecule has 4 atom stereocenters. The van der Waals surface area contributed by atoms with E-state index in [0.29, 0.717) is 6.42 Å². The monoisotopic (exact) mass is 416 g/mol. The van der Waals surface area contributed by atoms with Crippen LogP contribution in [-0.2, 0) is 23.4 Å². The van der Waals surface area contributed by atoms with Crippen molar-refractivity contribution in [2.24, 2.45) is 0 Å². The van der Waals surface area contributed by atoms with Crippen LogP contribution >= 0.6 is 0 Å². The summed E-state index contributed by atoms with van der Waals surface area (Å²) in [4.78, 5) is 0. The van der Waals surface area contributed by atoms with Gasteiger partial charge in [0.05, 0.1) is 12.2 Å². The summed E-state index contributed by atoms with van der Waals surface area (Å²) in [5.74, 6) is -0.603. The number of hydrogen-bond acceptors (Lipinski definition) is 5. The zero-order valence-electron chi connectivity index (χ0n) is 19.7. The zero-order valence-corrected chi connectivity index (χ0v) is 20.7. The summed E-state index contributed by atoms with van der Waals surface area (Å²) in [5, 5.41) is 0.232. The summed E-state index contributed by atoms with van der Waals surface area (Å²) < 4.78 is 29.8. The van der Waals surface area contributed by atoms with Gasteiger partial charge in [-0.05, 0) is 64.6 Å². The first-order valence-corrected chi connectivity index (χ1v) is 13.5. The van der Waals surface area contributed by atoms with Crippen LogP contribution in [0, 0.1) is 0 Å². The van der Waals surface area contributed by atoms with E-state index >= 15 is 0 Å². The van der Waals surface area contributed by atoms with Crippen LogP contribution in [0.15, 0.2) is 12.7 Å². The van der Waals surface area contributed by atoms with E-state index in [9.17, 15) is 0 Å². The first kappa shape index (κ1) is 25.8. The van der Waals surface area contributed by atoms with Gasteiger partial charge in [-0.2, -0.15) is 0 Å². The Balaban J connectivity index is 2.63. The maximum Gasteiger partial charge on any atom is 0.192 e. The van der Waals surface area contributed by atoms with Crippen molar-refractivity contribution in [2.75, 3.05) is 13.9 Å². The smallest absolute Gasteiger partial charge is 0.192 e. The molecule has 1 saturated heterocycles. The molecule has 0 aromatic heterocycles. The Morgan fingerprint density at radius 2 is 1.86 bits per heavy atom. The van der Waals surface area contributed by atoms with Crippen molar-refractivity contribution in [2.45, 2.75) is 116 Å². The molecule has 0 saturated carbocycles. The van der Waals surface area contributed by atoms with Gasteiger partial charge < -0.3 is 23.4 Å². The second-order valence-corrected chi connectivity index (χ2v) is 14.7. The quantitative estimate of drug-likeness (QED) is 0.234. The van der Waals surface area contributed by atoms with Crippen molar-refractivity contribution in [3.63, 3.8) is 0 Å². The standard InChI is InChI=1S/C22H44O5Si/c1-11-13-18(24-16-23-8)20-19(25-22(6,7)26-20)15-12-14-17(2)27-28(9,10)21(3,4)5/h11,17-20H,1,12-16H2,2-10H3/t17-,18+,19-,20-/m0/s1. The van der Waals surface area contributed by atoms with Gasteiger partial charge in [0, 0.05) is 13.2 Å². The van der Waals surface area contributed by atoms with Crippen molar-refractivity contribution < 1.29 is 23.4 Å². The Kier molecular flexibility index (Phi) is 9.84. The summed E-state index contributed by atoms with van der Waals surface area (Å²) in [5.41, 5.74) is 0. The van der Waals surface area contributed by atoms with Crippen molar-refractivity contribution in [3.05, 3.63) is 12.7 Å². The molecular weight excluding hydrogens is 372 g/mol. The van der Waals surface area contributed by atoms with E-state index in [1.807, 2.05) is 19.9 Å². The van der Waals surface area contributed by atoms with Gasteiger partial charge in [0.1, 0.15) is 12.9 Å². The Morgan fingerprint density at radius 3 is 2.39 bits per heavy atom. The van der Waals surface area contributed by atoms with Gasteiger partial charge in [-0.25, -0.2) is 0 Å². The third kappa shape index (κ3) is 7.88. The molecule has 0 aromatic carbocycles. The molecule has 5 nitrogen and oxygen atoms in total. The normalized spacial score (nSPS) is 24.9. The molecule has 1 heterocycles. The molecule has 6 heteroatoms. The fraction of sp³-hybridized carbons (Fsp3) is 0.909. The summed E-state index contributed by atoms with van der Waals surface area (Å²) in [7, 11) is -0.103. The highest BCUT2D eigenvalue weighted by atomic mass is 28.4. The van der Waals surface area contributed by atoms with E-state index in [0.717, 1.165) is 19.3 Å². The molecule has 1 aliphatic heterocycles. The minimum atomic E-state index is -1.73. The van der Waals surface area contributed by atoms with Gasteiger partial charge in [-0.1, -0.05) is 26.8 Å². The lowest BCUT2D eigenvalue weighted by Crippen LogP contribution is -2.43. The minimum absolute atomic E-state index is 0.00289. The van der Waals surface area contributed by atoms with Crippen molar-refractivity contribution >= 4 is 8.32 Å². The summed E-state index contributed by atoms with van der Waals surface area (Å²) >= 11 is 0. The molecule has 0 bridgehead atoms. The van der Waals surface area contributed by atoms with Crippen LogP contribution in [0.25, 0.3) is 0 Å². The van der Waals surface area contributed by atoms with Crippen LogP contribution in [0.1, 0.15) is 67.2 Å². The zero-order chi connectivity index (χ0) is 21.6. The maximum atomic E-state index is 6.49. The molecule has 28 heavy (non-hydrogen) atoms. The van der Waals surface area contributed by atoms with E-state index in [-0.39, 0.29) is 36.2 Å². The Hall–Kier alpha value is -0.243. The fourth-order valence-electron chi connectivity index (χ4n) is 3.36. The lowest BCUT2D eigenvalue weighted by Gasteiger charge is -2.38. The van der Waals surface area contributed by atoms with Gasteiger partial charge in [-0.3, -0.25) is 0 Å². The summed E-state index contributed by atoms with van der Waals surface area (Å²) in [6.07, 6.45) is 5.54. The van der Waals surface area contributed by atoms with Crippen molar-refractivity contribution in [1.29, 1.82) is 0 Å². The minimum Gasteiger partial charge on any atom is -0.414 e. The third-order valence-corrected chi connectivity index (χ3v) is 10.4. The van der Waals surface area contributed by atoms with E-state index in [1.54, 1.807) is 7.11 Å². The van der Waals surface area contributed by atoms with Gasteiger partial charge in [0.15, 0.2) is 14.1 Å². The van der Waals surface area contributed by atoms with Crippen LogP contribution < -0.4 is 0 Å².